The van der Waals surface area contributed by atoms with Gasteiger partial charge in [0.1, 0.15) is 0 Å². The average molecular weight is 313 g/mol. The molecule has 5 nitrogen and oxygen atoms in total. The molecule has 1 aliphatic rings. The maximum absolute atomic E-state index is 5.79. The Bertz CT molecular complexity index is 613. The lowest BCUT2D eigenvalue weighted by atomic mass is 10.1. The van der Waals surface area contributed by atoms with E-state index in [4.69, 9.17) is 9.47 Å². The van der Waals surface area contributed by atoms with Crippen molar-refractivity contribution in [3.05, 3.63) is 42.0 Å². The summed E-state index contributed by atoms with van der Waals surface area (Å²) in [4.78, 5) is 2.41. The normalized spacial score (nSPS) is 15.5. The molecule has 2 heterocycles. The lowest BCUT2D eigenvalue weighted by molar-refractivity contribution is 0.0357. The Morgan fingerprint density at radius 3 is 2.65 bits per heavy atom. The van der Waals surface area contributed by atoms with Crippen molar-refractivity contribution in [1.82, 2.24) is 15.1 Å². The fourth-order valence-electron chi connectivity index (χ4n) is 2.65. The predicted octanol–water partition coefficient (Wildman–Crippen LogP) is 2.55. The van der Waals surface area contributed by atoms with Gasteiger partial charge in [0, 0.05) is 30.8 Å². The fraction of sp³-hybridized carbons (Fsp3) is 0.444. The van der Waals surface area contributed by atoms with Crippen LogP contribution in [0.3, 0.4) is 0 Å². The Balaban J connectivity index is 1.50. The lowest BCUT2D eigenvalue weighted by Crippen LogP contribution is -2.37. The molecular formula is C18H23N3O2. The number of rotatable bonds is 6. The third kappa shape index (κ3) is 4.50. The van der Waals surface area contributed by atoms with E-state index in [-0.39, 0.29) is 0 Å². The average Bonchev–Trinajstić information content (AvgIpc) is 2.61. The molecule has 0 atom stereocenters. The van der Waals surface area contributed by atoms with Gasteiger partial charge in [-0.2, -0.15) is 0 Å². The fourth-order valence-corrected chi connectivity index (χ4v) is 2.65. The predicted molar refractivity (Wildman–Crippen MR) is 89.6 cm³/mol. The van der Waals surface area contributed by atoms with Crippen LogP contribution in [0.15, 0.2) is 36.4 Å². The molecule has 1 aromatic carbocycles. The van der Waals surface area contributed by atoms with Crippen molar-refractivity contribution in [2.24, 2.45) is 0 Å². The van der Waals surface area contributed by atoms with Gasteiger partial charge < -0.3 is 9.47 Å². The van der Waals surface area contributed by atoms with Gasteiger partial charge in [0.25, 0.3) is 0 Å². The van der Waals surface area contributed by atoms with E-state index in [1.807, 2.05) is 43.3 Å². The molecule has 0 saturated carbocycles. The third-order valence-electron chi connectivity index (χ3n) is 3.97. The second kappa shape index (κ2) is 8.04. The van der Waals surface area contributed by atoms with Gasteiger partial charge in [-0.3, -0.25) is 4.90 Å². The summed E-state index contributed by atoms with van der Waals surface area (Å²) in [6.07, 6.45) is 0.988. The minimum atomic E-state index is 0.631. The molecule has 1 saturated heterocycles. The zero-order valence-electron chi connectivity index (χ0n) is 13.6. The topological polar surface area (TPSA) is 47.5 Å². The van der Waals surface area contributed by atoms with E-state index in [0.717, 1.165) is 56.1 Å². The van der Waals surface area contributed by atoms with E-state index in [2.05, 4.69) is 15.1 Å². The van der Waals surface area contributed by atoms with E-state index in [9.17, 15) is 0 Å². The van der Waals surface area contributed by atoms with Gasteiger partial charge in [-0.25, -0.2) is 0 Å². The van der Waals surface area contributed by atoms with Crippen LogP contribution in [-0.4, -0.2) is 54.6 Å². The van der Waals surface area contributed by atoms with Crippen molar-refractivity contribution in [1.29, 1.82) is 0 Å². The van der Waals surface area contributed by atoms with E-state index >= 15 is 0 Å². The first-order valence-corrected chi connectivity index (χ1v) is 8.15. The van der Waals surface area contributed by atoms with Crippen molar-refractivity contribution < 1.29 is 9.47 Å². The van der Waals surface area contributed by atoms with Gasteiger partial charge in [-0.05, 0) is 19.4 Å². The van der Waals surface area contributed by atoms with Crippen LogP contribution in [0.25, 0.3) is 11.3 Å². The Morgan fingerprint density at radius 2 is 1.91 bits per heavy atom. The zero-order chi connectivity index (χ0) is 15.9. The molecule has 0 amide bonds. The molecule has 5 heteroatoms. The van der Waals surface area contributed by atoms with Crippen LogP contribution in [-0.2, 0) is 4.74 Å². The largest absolute Gasteiger partial charge is 0.476 e. The number of aromatic nitrogens is 2. The molecule has 0 radical (unpaired) electrons. The minimum absolute atomic E-state index is 0.631. The van der Waals surface area contributed by atoms with E-state index in [0.29, 0.717) is 12.5 Å². The molecule has 23 heavy (non-hydrogen) atoms. The second-order valence-corrected chi connectivity index (χ2v) is 5.74. The van der Waals surface area contributed by atoms with Crippen LogP contribution >= 0.6 is 0 Å². The highest BCUT2D eigenvalue weighted by atomic mass is 16.5. The maximum Gasteiger partial charge on any atom is 0.236 e. The molecule has 0 aliphatic carbocycles. The van der Waals surface area contributed by atoms with Gasteiger partial charge in [0.05, 0.1) is 25.5 Å². The molecule has 1 aliphatic heterocycles. The Morgan fingerprint density at radius 1 is 1.13 bits per heavy atom. The number of nitrogens with zero attached hydrogens (tertiary/aromatic N) is 3. The SMILES string of the molecule is Cc1cc(-c2ccccc2)nnc1OCCCN1CCOCC1. The summed E-state index contributed by atoms with van der Waals surface area (Å²) in [7, 11) is 0. The van der Waals surface area contributed by atoms with Crippen LogP contribution in [0.4, 0.5) is 0 Å². The Kier molecular flexibility index (Phi) is 5.56. The Labute approximate surface area is 137 Å². The summed E-state index contributed by atoms with van der Waals surface area (Å²) < 4.78 is 11.1. The zero-order valence-corrected chi connectivity index (χ0v) is 13.6. The van der Waals surface area contributed by atoms with Crippen molar-refractivity contribution in [2.75, 3.05) is 39.5 Å². The van der Waals surface area contributed by atoms with Gasteiger partial charge in [0.2, 0.25) is 5.88 Å². The molecule has 3 rings (SSSR count). The molecule has 2 aromatic rings. The molecule has 0 N–H and O–H groups in total. The van der Waals surface area contributed by atoms with Gasteiger partial charge >= 0.3 is 0 Å². The minimum Gasteiger partial charge on any atom is -0.476 e. The molecule has 0 unspecified atom stereocenters. The highest BCUT2D eigenvalue weighted by Gasteiger charge is 2.10. The number of ether oxygens (including phenoxy) is 2. The van der Waals surface area contributed by atoms with Crippen LogP contribution in [0.2, 0.25) is 0 Å². The van der Waals surface area contributed by atoms with Crippen LogP contribution < -0.4 is 4.74 Å². The Hall–Kier alpha value is -1.98. The molecule has 0 spiro atoms. The van der Waals surface area contributed by atoms with Crippen molar-refractivity contribution in [3.63, 3.8) is 0 Å². The highest BCUT2D eigenvalue weighted by Crippen LogP contribution is 2.21. The van der Waals surface area contributed by atoms with Gasteiger partial charge in [-0.15, -0.1) is 10.2 Å². The first kappa shape index (κ1) is 15.9. The monoisotopic (exact) mass is 313 g/mol. The standard InChI is InChI=1S/C18H23N3O2/c1-15-14-17(16-6-3-2-4-7-16)19-20-18(15)23-11-5-8-21-9-12-22-13-10-21/h2-4,6-7,14H,5,8-13H2,1H3. The molecule has 122 valence electrons. The summed E-state index contributed by atoms with van der Waals surface area (Å²) in [5, 5.41) is 8.51. The van der Waals surface area contributed by atoms with Crippen LogP contribution in [0, 0.1) is 6.92 Å². The molecular weight excluding hydrogens is 290 g/mol. The van der Waals surface area contributed by atoms with E-state index in [1.54, 1.807) is 0 Å². The first-order chi connectivity index (χ1) is 11.3. The summed E-state index contributed by atoms with van der Waals surface area (Å²) in [5.74, 6) is 0.631. The number of aryl methyl sites for hydroxylation is 1. The highest BCUT2D eigenvalue weighted by molar-refractivity contribution is 5.59. The summed E-state index contributed by atoms with van der Waals surface area (Å²) in [6, 6.07) is 12.1. The number of hydrogen-bond acceptors (Lipinski definition) is 5. The number of hydrogen-bond donors (Lipinski definition) is 0. The number of benzene rings is 1. The molecule has 1 aromatic heterocycles. The number of morpholine rings is 1. The summed E-state index contributed by atoms with van der Waals surface area (Å²) in [6.45, 7) is 7.43. The van der Waals surface area contributed by atoms with Crippen molar-refractivity contribution >= 4 is 0 Å². The first-order valence-electron chi connectivity index (χ1n) is 8.15. The summed E-state index contributed by atoms with van der Waals surface area (Å²) in [5.41, 5.74) is 2.97. The maximum atomic E-state index is 5.79. The lowest BCUT2D eigenvalue weighted by Gasteiger charge is -2.26. The van der Waals surface area contributed by atoms with Crippen molar-refractivity contribution in [3.8, 4) is 17.1 Å². The van der Waals surface area contributed by atoms with Crippen molar-refractivity contribution in [2.45, 2.75) is 13.3 Å². The smallest absolute Gasteiger partial charge is 0.236 e. The van der Waals surface area contributed by atoms with E-state index in [1.165, 1.54) is 0 Å². The second-order valence-electron chi connectivity index (χ2n) is 5.74. The van der Waals surface area contributed by atoms with Gasteiger partial charge in [-0.1, -0.05) is 30.3 Å². The van der Waals surface area contributed by atoms with Crippen LogP contribution in [0.5, 0.6) is 5.88 Å². The third-order valence-corrected chi connectivity index (χ3v) is 3.97. The van der Waals surface area contributed by atoms with E-state index < -0.39 is 0 Å². The molecule has 1 fully saturated rings. The summed E-state index contributed by atoms with van der Waals surface area (Å²) >= 11 is 0. The van der Waals surface area contributed by atoms with Crippen LogP contribution in [0.1, 0.15) is 12.0 Å². The molecule has 0 bridgehead atoms. The quantitative estimate of drug-likeness (QED) is 0.767. The van der Waals surface area contributed by atoms with Gasteiger partial charge in [0.15, 0.2) is 0 Å².